The molecule has 2 N–H and O–H groups in total. The van der Waals surface area contributed by atoms with Crippen LogP contribution in [0.25, 0.3) is 0 Å². The van der Waals surface area contributed by atoms with E-state index in [2.05, 4.69) is 43.3 Å². The van der Waals surface area contributed by atoms with Crippen LogP contribution in [0.3, 0.4) is 0 Å². The smallest absolute Gasteiger partial charge is 0.270 e. The molecule has 1 aliphatic heterocycles. The van der Waals surface area contributed by atoms with Crippen LogP contribution >= 0.6 is 11.3 Å². The monoisotopic (exact) mass is 387 g/mol. The molecule has 2 heterocycles. The van der Waals surface area contributed by atoms with Crippen LogP contribution in [0, 0.1) is 0 Å². The highest BCUT2D eigenvalue weighted by molar-refractivity contribution is 7.09. The third-order valence-corrected chi connectivity index (χ3v) is 5.67. The van der Waals surface area contributed by atoms with Crippen LogP contribution in [0.15, 0.2) is 29.6 Å². The van der Waals surface area contributed by atoms with Crippen molar-refractivity contribution in [2.75, 3.05) is 7.11 Å². The fourth-order valence-corrected chi connectivity index (χ4v) is 4.91. The van der Waals surface area contributed by atoms with Gasteiger partial charge in [0.1, 0.15) is 11.4 Å². The summed E-state index contributed by atoms with van der Waals surface area (Å²) in [5.41, 5.74) is 1.67. The minimum absolute atomic E-state index is 0.00129. The largest absolute Gasteiger partial charge is 0.497 e. The van der Waals surface area contributed by atoms with Crippen molar-refractivity contribution in [1.82, 2.24) is 15.6 Å². The zero-order chi connectivity index (χ0) is 19.7. The average Bonchev–Trinajstić information content (AvgIpc) is 3.01. The molecule has 1 fully saturated rings. The quantitative estimate of drug-likeness (QED) is 0.819. The van der Waals surface area contributed by atoms with Crippen LogP contribution < -0.4 is 15.4 Å². The third-order valence-electron chi connectivity index (χ3n) is 4.82. The Labute approximate surface area is 165 Å². The zero-order valence-electron chi connectivity index (χ0n) is 16.8. The fourth-order valence-electron chi connectivity index (χ4n) is 4.10. The molecule has 1 aliphatic rings. The number of aromatic nitrogens is 1. The number of ether oxygens (including phenoxy) is 1. The second-order valence-electron chi connectivity index (χ2n) is 8.62. The lowest BCUT2D eigenvalue weighted by molar-refractivity contribution is 0.0868. The first kappa shape index (κ1) is 19.8. The Balaban J connectivity index is 1.62. The Morgan fingerprint density at radius 1 is 1.22 bits per heavy atom. The number of carbonyl (C=O) groups excluding carboxylic acids is 1. The molecule has 6 heteroatoms. The molecule has 0 bridgehead atoms. The summed E-state index contributed by atoms with van der Waals surface area (Å²) in [5, 5.41) is 9.62. The minimum Gasteiger partial charge on any atom is -0.497 e. The molecule has 146 valence electrons. The molecule has 1 aromatic heterocycles. The molecule has 1 amide bonds. The van der Waals surface area contributed by atoms with Gasteiger partial charge < -0.3 is 15.4 Å². The molecule has 5 nitrogen and oxygen atoms in total. The molecule has 1 saturated heterocycles. The van der Waals surface area contributed by atoms with Gasteiger partial charge in [0.05, 0.1) is 12.1 Å². The minimum atomic E-state index is -0.0780. The van der Waals surface area contributed by atoms with E-state index in [1.165, 1.54) is 11.3 Å². The van der Waals surface area contributed by atoms with Gasteiger partial charge in [-0.05, 0) is 58.2 Å². The van der Waals surface area contributed by atoms with Crippen molar-refractivity contribution in [3.63, 3.8) is 0 Å². The first-order valence-electron chi connectivity index (χ1n) is 9.33. The SMILES string of the molecule is COc1ccc(Cc2nc(C(=O)NC3CC(C)(C)NC(C)(C)C3)cs2)cc1. The maximum absolute atomic E-state index is 12.7. The number of hydrogen-bond acceptors (Lipinski definition) is 5. The van der Waals surface area contributed by atoms with E-state index in [9.17, 15) is 4.79 Å². The second-order valence-corrected chi connectivity index (χ2v) is 9.57. The van der Waals surface area contributed by atoms with E-state index in [0.29, 0.717) is 5.69 Å². The lowest BCUT2D eigenvalue weighted by atomic mass is 9.79. The number of benzene rings is 1. The van der Waals surface area contributed by atoms with Crippen molar-refractivity contribution in [1.29, 1.82) is 0 Å². The highest BCUT2D eigenvalue weighted by Crippen LogP contribution is 2.28. The lowest BCUT2D eigenvalue weighted by Crippen LogP contribution is -2.62. The Kier molecular flexibility index (Phi) is 5.58. The van der Waals surface area contributed by atoms with Gasteiger partial charge in [0.25, 0.3) is 5.91 Å². The third kappa shape index (κ3) is 5.30. The average molecular weight is 388 g/mol. The number of nitrogens with one attached hydrogen (secondary N) is 2. The Bertz CT molecular complexity index is 780. The number of amides is 1. The van der Waals surface area contributed by atoms with Crippen molar-refractivity contribution in [3.05, 3.63) is 45.9 Å². The van der Waals surface area contributed by atoms with Crippen molar-refractivity contribution in [2.24, 2.45) is 0 Å². The van der Waals surface area contributed by atoms with Gasteiger partial charge >= 0.3 is 0 Å². The number of rotatable bonds is 5. The van der Waals surface area contributed by atoms with Crippen molar-refractivity contribution in [2.45, 2.75) is 64.1 Å². The molecule has 0 spiro atoms. The van der Waals surface area contributed by atoms with Crippen molar-refractivity contribution in [3.8, 4) is 5.75 Å². The Morgan fingerprint density at radius 3 is 2.44 bits per heavy atom. The van der Waals surface area contributed by atoms with E-state index in [4.69, 9.17) is 4.74 Å². The lowest BCUT2D eigenvalue weighted by Gasteiger charge is -2.46. The van der Waals surface area contributed by atoms with E-state index in [1.807, 2.05) is 29.6 Å². The van der Waals surface area contributed by atoms with Gasteiger partial charge in [-0.1, -0.05) is 12.1 Å². The molecule has 0 saturated carbocycles. The van der Waals surface area contributed by atoms with Crippen molar-refractivity contribution < 1.29 is 9.53 Å². The van der Waals surface area contributed by atoms with Crippen LogP contribution in [0.2, 0.25) is 0 Å². The molecule has 0 unspecified atom stereocenters. The van der Waals surface area contributed by atoms with Gasteiger partial charge in [-0.25, -0.2) is 4.98 Å². The predicted octanol–water partition coefficient (Wildman–Crippen LogP) is 3.78. The molecular weight excluding hydrogens is 358 g/mol. The molecule has 0 aliphatic carbocycles. The number of methoxy groups -OCH3 is 1. The molecule has 0 atom stereocenters. The summed E-state index contributed by atoms with van der Waals surface area (Å²) >= 11 is 1.53. The van der Waals surface area contributed by atoms with Crippen LogP contribution in [-0.4, -0.2) is 35.1 Å². The van der Waals surface area contributed by atoms with E-state index < -0.39 is 0 Å². The first-order valence-corrected chi connectivity index (χ1v) is 10.2. The Morgan fingerprint density at radius 2 is 1.85 bits per heavy atom. The highest BCUT2D eigenvalue weighted by Gasteiger charge is 2.38. The molecule has 1 aromatic carbocycles. The summed E-state index contributed by atoms with van der Waals surface area (Å²) < 4.78 is 5.19. The number of nitrogens with zero attached hydrogens (tertiary/aromatic N) is 1. The molecule has 3 rings (SSSR count). The number of hydrogen-bond donors (Lipinski definition) is 2. The van der Waals surface area contributed by atoms with E-state index in [-0.39, 0.29) is 23.0 Å². The summed E-state index contributed by atoms with van der Waals surface area (Å²) in [6.07, 6.45) is 2.53. The van der Waals surface area contributed by atoms with Gasteiger partial charge in [-0.3, -0.25) is 4.79 Å². The molecule has 2 aromatic rings. The molecular formula is C21H29N3O2S. The molecule has 0 radical (unpaired) electrons. The summed E-state index contributed by atoms with van der Waals surface area (Å²) in [7, 11) is 1.66. The van der Waals surface area contributed by atoms with Gasteiger partial charge in [-0.2, -0.15) is 0 Å². The van der Waals surface area contributed by atoms with Gasteiger partial charge in [-0.15, -0.1) is 11.3 Å². The number of thiazole rings is 1. The summed E-state index contributed by atoms with van der Waals surface area (Å²) in [5.74, 6) is 0.761. The maximum atomic E-state index is 12.7. The van der Waals surface area contributed by atoms with Crippen LogP contribution in [-0.2, 0) is 6.42 Å². The maximum Gasteiger partial charge on any atom is 0.270 e. The number of carbonyl (C=O) groups is 1. The highest BCUT2D eigenvalue weighted by atomic mass is 32.1. The van der Waals surface area contributed by atoms with Gasteiger partial charge in [0.15, 0.2) is 0 Å². The van der Waals surface area contributed by atoms with E-state index in [1.54, 1.807) is 7.11 Å². The second kappa shape index (κ2) is 7.60. The first-order chi connectivity index (χ1) is 12.7. The normalized spacial score (nSPS) is 18.9. The van der Waals surface area contributed by atoms with E-state index >= 15 is 0 Å². The topological polar surface area (TPSA) is 63.2 Å². The predicted molar refractivity (Wildman–Crippen MR) is 110 cm³/mol. The van der Waals surface area contributed by atoms with E-state index in [0.717, 1.165) is 35.6 Å². The fraction of sp³-hybridized carbons (Fsp3) is 0.524. The van der Waals surface area contributed by atoms with Gasteiger partial charge in [0, 0.05) is 28.9 Å². The van der Waals surface area contributed by atoms with Gasteiger partial charge in [0.2, 0.25) is 0 Å². The Hall–Kier alpha value is -1.92. The summed E-state index contributed by atoms with van der Waals surface area (Å²) in [6, 6.07) is 8.09. The zero-order valence-corrected chi connectivity index (χ0v) is 17.6. The summed E-state index contributed by atoms with van der Waals surface area (Å²) in [6.45, 7) is 8.73. The summed E-state index contributed by atoms with van der Waals surface area (Å²) in [4.78, 5) is 17.2. The van der Waals surface area contributed by atoms with Crippen LogP contribution in [0.1, 0.15) is 61.6 Å². The van der Waals surface area contributed by atoms with Crippen LogP contribution in [0.4, 0.5) is 0 Å². The molecule has 27 heavy (non-hydrogen) atoms. The van der Waals surface area contributed by atoms with Crippen molar-refractivity contribution >= 4 is 17.2 Å². The standard InChI is InChI=1S/C21H29N3O2S/c1-20(2)11-15(12-21(3,4)24-20)22-19(25)17-13-27-18(23-17)10-14-6-8-16(26-5)9-7-14/h6-9,13,15,24H,10-12H2,1-5H3,(H,22,25). The van der Waals surface area contributed by atoms with Crippen LogP contribution in [0.5, 0.6) is 5.75 Å². The number of piperidine rings is 1.